The third kappa shape index (κ3) is 4.78. The van der Waals surface area contributed by atoms with Gasteiger partial charge in [0.05, 0.1) is 0 Å². The number of phenolic OH excluding ortho intramolecular Hbond substituents is 2. The lowest BCUT2D eigenvalue weighted by atomic mass is 10.1. The van der Waals surface area contributed by atoms with E-state index in [0.29, 0.717) is 5.39 Å². The number of aromatic hydroxyl groups is 2. The van der Waals surface area contributed by atoms with Crippen LogP contribution in [0.15, 0.2) is 65.8 Å². The number of hydrogen-bond acceptors (Lipinski definition) is 6. The van der Waals surface area contributed by atoms with E-state index in [9.17, 15) is 14.8 Å². The number of carboxylic acids is 1. The van der Waals surface area contributed by atoms with Crippen LogP contribution in [0, 0.1) is 4.91 Å². The highest BCUT2D eigenvalue weighted by atomic mass is 16.4. The van der Waals surface area contributed by atoms with Crippen molar-refractivity contribution in [2.24, 2.45) is 10.9 Å². The van der Waals surface area contributed by atoms with Gasteiger partial charge in [-0.15, -0.1) is 4.91 Å². The largest absolute Gasteiger partial charge is 0.508 e. The molecule has 0 radical (unpaired) electrons. The normalized spacial score (nSPS) is 11.3. The quantitative estimate of drug-likeness (QED) is 0.531. The van der Waals surface area contributed by atoms with E-state index >= 15 is 0 Å². The summed E-state index contributed by atoms with van der Waals surface area (Å²) in [7, 11) is 0. The molecule has 0 bridgehead atoms. The van der Waals surface area contributed by atoms with E-state index in [1.807, 2.05) is 12.1 Å². The summed E-state index contributed by atoms with van der Waals surface area (Å²) in [4.78, 5) is 20.7. The average Bonchev–Trinajstić information content (AvgIpc) is 2.64. The van der Waals surface area contributed by atoms with Crippen molar-refractivity contribution in [1.29, 1.82) is 0 Å². The lowest BCUT2D eigenvalue weighted by Gasteiger charge is -2.05. The predicted octanol–water partition coefficient (Wildman–Crippen LogP) is 3.29. The Bertz CT molecular complexity index is 909. The average molecular weight is 354 g/mol. The minimum Gasteiger partial charge on any atom is -0.508 e. The maximum absolute atomic E-state index is 10.4. The molecule has 1 atom stereocenters. The Morgan fingerprint density at radius 3 is 2.27 bits per heavy atom. The van der Waals surface area contributed by atoms with Gasteiger partial charge in [-0.2, -0.15) is 0 Å². The number of carboxylic acid groups (broad SMARTS) is 1. The Kier molecular flexibility index (Phi) is 6.24. The second-order valence-corrected chi connectivity index (χ2v) is 5.56. The van der Waals surface area contributed by atoms with Crippen molar-refractivity contribution in [3.63, 3.8) is 0 Å². The lowest BCUT2D eigenvalue weighted by Crippen LogP contribution is -2.32. The summed E-state index contributed by atoms with van der Waals surface area (Å²) in [5.41, 5.74) is 6.21. The van der Waals surface area contributed by atoms with Crippen LogP contribution in [0.1, 0.15) is 5.56 Å². The third-order valence-corrected chi connectivity index (χ3v) is 3.69. The number of aliphatic carboxylic acids is 1. The fourth-order valence-corrected chi connectivity index (χ4v) is 2.29. The number of benzene rings is 3. The number of nitrogens with two attached hydrogens (primary N) is 1. The number of hydrogen-bond donors (Lipinski definition) is 4. The highest BCUT2D eigenvalue weighted by Gasteiger charge is 2.11. The van der Waals surface area contributed by atoms with E-state index in [-0.39, 0.29) is 23.6 Å². The van der Waals surface area contributed by atoms with Crippen LogP contribution in [0.25, 0.3) is 10.8 Å². The molecule has 0 saturated heterocycles. The van der Waals surface area contributed by atoms with Crippen molar-refractivity contribution in [3.05, 3.63) is 71.1 Å². The van der Waals surface area contributed by atoms with Gasteiger partial charge in [0, 0.05) is 5.39 Å². The Balaban J connectivity index is 0.000000187. The first kappa shape index (κ1) is 18.9. The van der Waals surface area contributed by atoms with Crippen molar-refractivity contribution >= 4 is 22.4 Å². The molecule has 5 N–H and O–H groups in total. The van der Waals surface area contributed by atoms with Gasteiger partial charge in [0.1, 0.15) is 17.5 Å². The summed E-state index contributed by atoms with van der Waals surface area (Å²) in [6.07, 6.45) is 0.273. The van der Waals surface area contributed by atoms with E-state index in [2.05, 4.69) is 5.18 Å². The van der Waals surface area contributed by atoms with E-state index in [0.717, 1.165) is 10.9 Å². The Labute approximate surface area is 149 Å². The summed E-state index contributed by atoms with van der Waals surface area (Å²) in [5.74, 6) is -0.908. The minimum atomic E-state index is -1.02. The lowest BCUT2D eigenvalue weighted by molar-refractivity contribution is -0.138. The Hall–Kier alpha value is -3.45. The zero-order chi connectivity index (χ0) is 19.1. The minimum absolute atomic E-state index is 0.0481. The number of carbonyl (C=O) groups is 1. The summed E-state index contributed by atoms with van der Waals surface area (Å²) in [5, 5.41) is 31.3. The van der Waals surface area contributed by atoms with Crippen LogP contribution in [0.4, 0.5) is 5.69 Å². The van der Waals surface area contributed by atoms with E-state index in [4.69, 9.17) is 15.9 Å². The van der Waals surface area contributed by atoms with Crippen LogP contribution in [-0.4, -0.2) is 27.3 Å². The zero-order valence-electron chi connectivity index (χ0n) is 13.7. The first-order chi connectivity index (χ1) is 12.4. The van der Waals surface area contributed by atoms with Crippen LogP contribution in [-0.2, 0) is 11.2 Å². The van der Waals surface area contributed by atoms with Crippen LogP contribution < -0.4 is 5.73 Å². The first-order valence-corrected chi connectivity index (χ1v) is 7.72. The zero-order valence-corrected chi connectivity index (χ0v) is 13.7. The number of rotatable bonds is 4. The molecule has 0 fully saturated rings. The maximum Gasteiger partial charge on any atom is 0.320 e. The molecule has 3 aromatic rings. The molecule has 0 spiro atoms. The number of nitroso groups, excluding NO2 is 1. The van der Waals surface area contributed by atoms with Gasteiger partial charge in [-0.25, -0.2) is 0 Å². The fourth-order valence-electron chi connectivity index (χ4n) is 2.29. The van der Waals surface area contributed by atoms with Gasteiger partial charge in [0.2, 0.25) is 0 Å². The van der Waals surface area contributed by atoms with Gasteiger partial charge in [-0.3, -0.25) is 4.79 Å². The van der Waals surface area contributed by atoms with Crippen LogP contribution in [0.2, 0.25) is 0 Å². The predicted molar refractivity (Wildman–Crippen MR) is 98.5 cm³/mol. The summed E-state index contributed by atoms with van der Waals surface area (Å²) < 4.78 is 0. The molecule has 26 heavy (non-hydrogen) atoms. The smallest absolute Gasteiger partial charge is 0.320 e. The maximum atomic E-state index is 10.4. The number of nitrogens with zero attached hydrogens (tertiary/aromatic N) is 1. The number of fused-ring (bicyclic) bond motifs is 1. The van der Waals surface area contributed by atoms with Gasteiger partial charge in [0.15, 0.2) is 5.75 Å². The molecule has 0 saturated carbocycles. The molecule has 0 unspecified atom stereocenters. The fraction of sp³-hybridized carbons (Fsp3) is 0.105. The van der Waals surface area contributed by atoms with Crippen LogP contribution in [0.3, 0.4) is 0 Å². The topological polar surface area (TPSA) is 133 Å². The molecule has 0 aliphatic rings. The second-order valence-electron chi connectivity index (χ2n) is 5.56. The molecule has 3 rings (SSSR count). The molecule has 7 nitrogen and oxygen atoms in total. The molecule has 0 aliphatic carbocycles. The Morgan fingerprint density at radius 2 is 1.65 bits per heavy atom. The highest BCUT2D eigenvalue weighted by Crippen LogP contribution is 2.33. The van der Waals surface area contributed by atoms with E-state index in [1.54, 1.807) is 30.3 Å². The van der Waals surface area contributed by atoms with Crippen molar-refractivity contribution in [1.82, 2.24) is 0 Å². The summed E-state index contributed by atoms with van der Waals surface area (Å²) in [6, 6.07) is 16.0. The van der Waals surface area contributed by atoms with Gasteiger partial charge < -0.3 is 21.1 Å². The van der Waals surface area contributed by atoms with Gasteiger partial charge in [-0.05, 0) is 40.7 Å². The standard InChI is InChI=1S/C10H7NO2.C9H11NO3/c12-10-8-4-2-1-3-7(8)5-6-9(10)11-13;10-8(9(12)13)5-6-1-3-7(11)4-2-6/h1-6,12H;1-4,8,11H,5,10H2,(H,12,13)/t;8-/m.0/s1. The van der Waals surface area contributed by atoms with Crippen molar-refractivity contribution in [3.8, 4) is 11.5 Å². The molecular formula is C19H18N2O5. The molecule has 3 aromatic carbocycles. The SMILES string of the molecule is N[C@@H](Cc1ccc(O)cc1)C(=O)O.O=Nc1ccc2ccccc2c1O. The summed E-state index contributed by atoms with van der Waals surface area (Å²) in [6.45, 7) is 0. The van der Waals surface area contributed by atoms with Crippen LogP contribution >= 0.6 is 0 Å². The molecule has 0 amide bonds. The second kappa shape index (κ2) is 8.59. The molecule has 0 aliphatic heterocycles. The van der Waals surface area contributed by atoms with E-state index < -0.39 is 12.0 Å². The van der Waals surface area contributed by atoms with Gasteiger partial charge in [-0.1, -0.05) is 42.5 Å². The molecule has 7 heteroatoms. The first-order valence-electron chi connectivity index (χ1n) is 7.72. The van der Waals surface area contributed by atoms with Crippen molar-refractivity contribution in [2.75, 3.05) is 0 Å². The van der Waals surface area contributed by atoms with Gasteiger partial charge in [0.25, 0.3) is 0 Å². The van der Waals surface area contributed by atoms with Crippen molar-refractivity contribution in [2.45, 2.75) is 12.5 Å². The Morgan fingerprint density at radius 1 is 1.00 bits per heavy atom. The summed E-state index contributed by atoms with van der Waals surface area (Å²) >= 11 is 0. The molecule has 0 heterocycles. The molecule has 134 valence electrons. The molecular weight excluding hydrogens is 336 g/mol. The van der Waals surface area contributed by atoms with Crippen LogP contribution in [0.5, 0.6) is 11.5 Å². The molecule has 0 aromatic heterocycles. The van der Waals surface area contributed by atoms with Gasteiger partial charge >= 0.3 is 5.97 Å². The monoisotopic (exact) mass is 354 g/mol. The number of phenols is 2. The van der Waals surface area contributed by atoms with Crippen molar-refractivity contribution < 1.29 is 20.1 Å². The third-order valence-electron chi connectivity index (χ3n) is 3.69. The van der Waals surface area contributed by atoms with E-state index in [1.165, 1.54) is 18.2 Å². The highest BCUT2D eigenvalue weighted by molar-refractivity contribution is 5.92.